The van der Waals surface area contributed by atoms with Crippen molar-refractivity contribution < 1.29 is 19.0 Å². The lowest BCUT2D eigenvalue weighted by Gasteiger charge is -2.30. The molecule has 1 aliphatic rings. The van der Waals surface area contributed by atoms with Crippen LogP contribution in [-0.2, 0) is 9.53 Å². The summed E-state index contributed by atoms with van der Waals surface area (Å²) < 4.78 is 16.1. The number of benzene rings is 1. The zero-order chi connectivity index (χ0) is 15.8. The summed E-state index contributed by atoms with van der Waals surface area (Å²) in [4.78, 5) is 14.0. The largest absolute Gasteiger partial charge is 0.493 e. The van der Waals surface area contributed by atoms with Crippen LogP contribution in [0.5, 0.6) is 11.5 Å². The van der Waals surface area contributed by atoms with Gasteiger partial charge in [-0.2, -0.15) is 0 Å². The molecule has 1 aromatic carbocycles. The molecule has 0 atom stereocenters. The topological polar surface area (TPSA) is 48.0 Å². The molecule has 2 rings (SSSR count). The van der Waals surface area contributed by atoms with Crippen molar-refractivity contribution in [2.45, 2.75) is 19.8 Å². The van der Waals surface area contributed by atoms with Gasteiger partial charge >= 0.3 is 5.97 Å². The smallest absolute Gasteiger partial charge is 0.309 e. The fourth-order valence-corrected chi connectivity index (χ4v) is 2.68. The van der Waals surface area contributed by atoms with E-state index in [1.807, 2.05) is 31.2 Å². The van der Waals surface area contributed by atoms with Crippen LogP contribution in [0.3, 0.4) is 0 Å². The number of hydrogen-bond donors (Lipinski definition) is 0. The Kier molecular flexibility index (Phi) is 6.52. The van der Waals surface area contributed by atoms with E-state index in [4.69, 9.17) is 14.2 Å². The van der Waals surface area contributed by atoms with Crippen LogP contribution in [0, 0.1) is 5.92 Å². The molecule has 5 nitrogen and oxygen atoms in total. The Morgan fingerprint density at radius 2 is 1.91 bits per heavy atom. The number of methoxy groups -OCH3 is 1. The third kappa shape index (κ3) is 4.63. The van der Waals surface area contributed by atoms with E-state index < -0.39 is 0 Å². The summed E-state index contributed by atoms with van der Waals surface area (Å²) in [5.74, 6) is 1.54. The number of piperidine rings is 1. The lowest BCUT2D eigenvalue weighted by Crippen LogP contribution is -2.39. The normalized spacial score (nSPS) is 16.3. The lowest BCUT2D eigenvalue weighted by molar-refractivity contribution is -0.149. The van der Waals surface area contributed by atoms with Crippen molar-refractivity contribution in [2.75, 3.05) is 40.0 Å². The zero-order valence-electron chi connectivity index (χ0n) is 13.4. The molecule has 1 aromatic rings. The van der Waals surface area contributed by atoms with Gasteiger partial charge in [-0.15, -0.1) is 0 Å². The van der Waals surface area contributed by atoms with Gasteiger partial charge in [-0.25, -0.2) is 0 Å². The summed E-state index contributed by atoms with van der Waals surface area (Å²) in [5, 5.41) is 0. The molecular formula is C17H25NO4. The molecule has 1 saturated heterocycles. The fraction of sp³-hybridized carbons (Fsp3) is 0.588. The van der Waals surface area contributed by atoms with Crippen LogP contribution in [0.2, 0.25) is 0 Å². The van der Waals surface area contributed by atoms with Gasteiger partial charge in [0.1, 0.15) is 6.61 Å². The maximum Gasteiger partial charge on any atom is 0.309 e. The summed E-state index contributed by atoms with van der Waals surface area (Å²) in [6.07, 6.45) is 1.74. The number of ether oxygens (including phenoxy) is 3. The van der Waals surface area contributed by atoms with Gasteiger partial charge in [0.2, 0.25) is 0 Å². The standard InChI is InChI=1S/C17H25NO4/c1-3-21-17(19)14-8-10-18(11-9-14)12-13-22-16-7-5-4-6-15(16)20-2/h4-7,14H,3,8-13H2,1-2H3. The van der Waals surface area contributed by atoms with Crippen LogP contribution in [0.4, 0.5) is 0 Å². The van der Waals surface area contributed by atoms with Crippen molar-refractivity contribution in [3.05, 3.63) is 24.3 Å². The second kappa shape index (κ2) is 8.63. The van der Waals surface area contributed by atoms with Crippen molar-refractivity contribution >= 4 is 5.97 Å². The fourth-order valence-electron chi connectivity index (χ4n) is 2.68. The highest BCUT2D eigenvalue weighted by molar-refractivity contribution is 5.72. The number of esters is 1. The highest BCUT2D eigenvalue weighted by atomic mass is 16.5. The van der Waals surface area contributed by atoms with Crippen LogP contribution < -0.4 is 9.47 Å². The Labute approximate surface area is 132 Å². The Bertz CT molecular complexity index is 469. The highest BCUT2D eigenvalue weighted by Crippen LogP contribution is 2.25. The number of carbonyl (C=O) groups is 1. The molecule has 0 unspecified atom stereocenters. The van der Waals surface area contributed by atoms with Gasteiger partial charge in [-0.1, -0.05) is 12.1 Å². The highest BCUT2D eigenvalue weighted by Gasteiger charge is 2.25. The molecule has 0 aromatic heterocycles. The van der Waals surface area contributed by atoms with E-state index in [0.29, 0.717) is 13.2 Å². The lowest BCUT2D eigenvalue weighted by atomic mass is 9.97. The second-order valence-electron chi connectivity index (χ2n) is 5.37. The van der Waals surface area contributed by atoms with Crippen LogP contribution in [-0.4, -0.2) is 50.8 Å². The monoisotopic (exact) mass is 307 g/mol. The van der Waals surface area contributed by atoms with Gasteiger partial charge in [0.05, 0.1) is 19.6 Å². The van der Waals surface area contributed by atoms with E-state index in [1.54, 1.807) is 7.11 Å². The minimum absolute atomic E-state index is 0.0487. The van der Waals surface area contributed by atoms with Gasteiger partial charge in [-0.05, 0) is 45.0 Å². The van der Waals surface area contributed by atoms with E-state index in [9.17, 15) is 4.79 Å². The Morgan fingerprint density at radius 1 is 1.23 bits per heavy atom. The Hall–Kier alpha value is -1.75. The van der Waals surface area contributed by atoms with Crippen LogP contribution in [0.25, 0.3) is 0 Å². The van der Waals surface area contributed by atoms with Crippen LogP contribution in [0.15, 0.2) is 24.3 Å². The quantitative estimate of drug-likeness (QED) is 0.724. The Balaban J connectivity index is 1.70. The van der Waals surface area contributed by atoms with E-state index in [-0.39, 0.29) is 11.9 Å². The maximum absolute atomic E-state index is 11.7. The van der Waals surface area contributed by atoms with Crippen molar-refractivity contribution in [3.63, 3.8) is 0 Å². The third-order valence-electron chi connectivity index (χ3n) is 3.94. The molecule has 0 saturated carbocycles. The summed E-state index contributed by atoms with van der Waals surface area (Å²) >= 11 is 0. The number of para-hydroxylation sites is 2. The minimum atomic E-state index is -0.0487. The number of hydrogen-bond acceptors (Lipinski definition) is 5. The number of rotatable bonds is 7. The van der Waals surface area contributed by atoms with E-state index in [2.05, 4.69) is 4.90 Å². The first kappa shape index (κ1) is 16.6. The molecule has 0 aliphatic carbocycles. The summed E-state index contributed by atoms with van der Waals surface area (Å²) in [7, 11) is 1.64. The number of carbonyl (C=O) groups excluding carboxylic acids is 1. The molecule has 0 spiro atoms. The maximum atomic E-state index is 11.7. The molecule has 0 N–H and O–H groups in total. The predicted molar refractivity (Wildman–Crippen MR) is 84.3 cm³/mol. The van der Waals surface area contributed by atoms with Crippen molar-refractivity contribution in [2.24, 2.45) is 5.92 Å². The molecule has 0 amide bonds. The van der Waals surface area contributed by atoms with E-state index >= 15 is 0 Å². The molecule has 122 valence electrons. The predicted octanol–water partition coefficient (Wildman–Crippen LogP) is 2.35. The van der Waals surface area contributed by atoms with Gasteiger partial charge in [0.25, 0.3) is 0 Å². The second-order valence-corrected chi connectivity index (χ2v) is 5.37. The number of nitrogens with zero attached hydrogens (tertiary/aromatic N) is 1. The average molecular weight is 307 g/mol. The van der Waals surface area contributed by atoms with Crippen molar-refractivity contribution in [1.29, 1.82) is 0 Å². The number of likely N-dealkylation sites (tertiary alicyclic amines) is 1. The molecule has 1 aliphatic heterocycles. The van der Waals surface area contributed by atoms with Crippen molar-refractivity contribution in [3.8, 4) is 11.5 Å². The molecule has 5 heteroatoms. The molecule has 1 fully saturated rings. The van der Waals surface area contributed by atoms with Crippen LogP contribution in [0.1, 0.15) is 19.8 Å². The van der Waals surface area contributed by atoms with Gasteiger partial charge in [-0.3, -0.25) is 9.69 Å². The molecule has 1 heterocycles. The molecule has 0 radical (unpaired) electrons. The van der Waals surface area contributed by atoms with Crippen molar-refractivity contribution in [1.82, 2.24) is 4.90 Å². The molecule has 22 heavy (non-hydrogen) atoms. The zero-order valence-corrected chi connectivity index (χ0v) is 13.4. The van der Waals surface area contributed by atoms with Gasteiger partial charge in [0, 0.05) is 6.54 Å². The van der Waals surface area contributed by atoms with Gasteiger partial charge in [0.15, 0.2) is 11.5 Å². The SMILES string of the molecule is CCOC(=O)C1CCN(CCOc2ccccc2OC)CC1. The summed E-state index contributed by atoms with van der Waals surface area (Å²) in [6, 6.07) is 7.65. The molecule has 0 bridgehead atoms. The summed E-state index contributed by atoms with van der Waals surface area (Å²) in [5.41, 5.74) is 0. The molecular weight excluding hydrogens is 282 g/mol. The van der Waals surface area contributed by atoms with E-state index in [1.165, 1.54) is 0 Å². The first-order valence-corrected chi connectivity index (χ1v) is 7.89. The first-order valence-electron chi connectivity index (χ1n) is 7.89. The average Bonchev–Trinajstić information content (AvgIpc) is 2.56. The summed E-state index contributed by atoms with van der Waals surface area (Å²) in [6.45, 7) is 5.61. The van der Waals surface area contributed by atoms with Gasteiger partial charge < -0.3 is 14.2 Å². The van der Waals surface area contributed by atoms with Crippen LogP contribution >= 0.6 is 0 Å². The Morgan fingerprint density at radius 3 is 2.55 bits per heavy atom. The third-order valence-corrected chi connectivity index (χ3v) is 3.94. The minimum Gasteiger partial charge on any atom is -0.493 e. The van der Waals surface area contributed by atoms with E-state index in [0.717, 1.165) is 44.0 Å². The first-order chi connectivity index (χ1) is 10.7.